The fraction of sp³-hybridized carbons (Fsp3) is 0.667. The summed E-state index contributed by atoms with van der Waals surface area (Å²) in [5.74, 6) is 1.72. The second-order valence-corrected chi connectivity index (χ2v) is 6.55. The van der Waals surface area contributed by atoms with Crippen LogP contribution in [0.2, 0.25) is 0 Å². The molecule has 1 aromatic carbocycles. The van der Waals surface area contributed by atoms with Crippen LogP contribution in [0.5, 0.6) is 11.5 Å². The molecule has 126 valence electrons. The van der Waals surface area contributed by atoms with E-state index in [9.17, 15) is 0 Å². The molecule has 3 atom stereocenters. The topological polar surface area (TPSA) is 40.2 Å². The van der Waals surface area contributed by atoms with E-state index < -0.39 is 0 Å². The average molecular weight is 319 g/mol. The van der Waals surface area contributed by atoms with Crippen LogP contribution in [0.3, 0.4) is 0 Å². The van der Waals surface area contributed by atoms with E-state index in [1.165, 1.54) is 12.0 Å². The second kappa shape index (κ2) is 6.67. The third kappa shape index (κ3) is 3.18. The van der Waals surface area contributed by atoms with Gasteiger partial charge in [-0.2, -0.15) is 0 Å². The summed E-state index contributed by atoms with van der Waals surface area (Å²) in [7, 11) is 0. The van der Waals surface area contributed by atoms with Crippen molar-refractivity contribution in [3.05, 3.63) is 23.8 Å². The van der Waals surface area contributed by atoms with Crippen LogP contribution < -0.4 is 9.47 Å². The van der Waals surface area contributed by atoms with Crippen molar-refractivity contribution in [2.24, 2.45) is 0 Å². The highest BCUT2D eigenvalue weighted by atomic mass is 16.7. The van der Waals surface area contributed by atoms with Gasteiger partial charge in [0.1, 0.15) is 0 Å². The van der Waals surface area contributed by atoms with Crippen LogP contribution in [0.1, 0.15) is 31.7 Å². The van der Waals surface area contributed by atoms with Gasteiger partial charge in [-0.1, -0.05) is 6.07 Å². The molecule has 0 saturated carbocycles. The molecule has 23 heavy (non-hydrogen) atoms. The zero-order valence-electron chi connectivity index (χ0n) is 13.7. The number of hydrogen-bond acceptors (Lipinski definition) is 5. The predicted molar refractivity (Wildman–Crippen MR) is 85.8 cm³/mol. The van der Waals surface area contributed by atoms with E-state index in [4.69, 9.17) is 18.9 Å². The Hall–Kier alpha value is -1.30. The van der Waals surface area contributed by atoms with Crippen molar-refractivity contribution < 1.29 is 18.9 Å². The number of fused-ring (bicyclic) bond motifs is 2. The number of ether oxygens (including phenoxy) is 4. The highest BCUT2D eigenvalue weighted by Gasteiger charge is 2.39. The molecule has 0 aliphatic carbocycles. The van der Waals surface area contributed by atoms with Crippen molar-refractivity contribution in [2.75, 3.05) is 26.6 Å². The van der Waals surface area contributed by atoms with E-state index in [2.05, 4.69) is 17.0 Å². The van der Waals surface area contributed by atoms with Crippen molar-refractivity contribution in [3.8, 4) is 11.5 Å². The molecule has 0 radical (unpaired) electrons. The third-order valence-electron chi connectivity index (χ3n) is 5.08. The standard InChI is InChI=1S/C18H25NO4/c1-2-20-11-14-4-5-15-16(23-14)7-8-19(15)10-13-3-6-17-18(9-13)22-12-21-17/h3,6,9,14-16H,2,4-5,7-8,10-12H2,1H3/t14-,15-,16-/m0/s1. The first kappa shape index (κ1) is 15.2. The highest BCUT2D eigenvalue weighted by molar-refractivity contribution is 5.44. The number of rotatable bonds is 5. The van der Waals surface area contributed by atoms with Crippen LogP contribution in [0, 0.1) is 0 Å². The van der Waals surface area contributed by atoms with Gasteiger partial charge in [0.05, 0.1) is 18.8 Å². The summed E-state index contributed by atoms with van der Waals surface area (Å²) in [4.78, 5) is 2.55. The van der Waals surface area contributed by atoms with Gasteiger partial charge in [-0.25, -0.2) is 0 Å². The lowest BCUT2D eigenvalue weighted by molar-refractivity contribution is -0.0985. The summed E-state index contributed by atoms with van der Waals surface area (Å²) in [6, 6.07) is 6.80. The lowest BCUT2D eigenvalue weighted by Gasteiger charge is -2.36. The molecule has 2 fully saturated rings. The largest absolute Gasteiger partial charge is 0.454 e. The van der Waals surface area contributed by atoms with Crippen LogP contribution in [0.15, 0.2) is 18.2 Å². The fourth-order valence-electron chi connectivity index (χ4n) is 3.93. The number of likely N-dealkylation sites (tertiary alicyclic amines) is 1. The fourth-order valence-corrected chi connectivity index (χ4v) is 3.93. The maximum absolute atomic E-state index is 6.24. The Morgan fingerprint density at radius 3 is 3.00 bits per heavy atom. The van der Waals surface area contributed by atoms with Crippen LogP contribution >= 0.6 is 0 Å². The SMILES string of the molecule is CCOC[C@@H]1CC[C@H]2[C@H](CCN2Cc2ccc3c(c2)OCO3)O1. The van der Waals surface area contributed by atoms with Crippen molar-refractivity contribution in [2.45, 2.75) is 51.0 Å². The Morgan fingerprint density at radius 2 is 2.09 bits per heavy atom. The van der Waals surface area contributed by atoms with Gasteiger partial charge in [-0.05, 0) is 43.9 Å². The summed E-state index contributed by atoms with van der Waals surface area (Å²) in [5, 5.41) is 0. The van der Waals surface area contributed by atoms with E-state index in [1.807, 2.05) is 13.0 Å². The van der Waals surface area contributed by atoms with Crippen LogP contribution in [-0.4, -0.2) is 49.7 Å². The highest BCUT2D eigenvalue weighted by Crippen LogP contribution is 2.35. The van der Waals surface area contributed by atoms with Crippen molar-refractivity contribution in [1.82, 2.24) is 4.90 Å². The van der Waals surface area contributed by atoms with E-state index in [0.717, 1.165) is 50.6 Å². The quantitative estimate of drug-likeness (QED) is 0.834. The molecule has 3 heterocycles. The van der Waals surface area contributed by atoms with Crippen LogP contribution in [0.4, 0.5) is 0 Å². The smallest absolute Gasteiger partial charge is 0.231 e. The minimum absolute atomic E-state index is 0.279. The zero-order chi connectivity index (χ0) is 15.6. The Balaban J connectivity index is 1.36. The lowest BCUT2D eigenvalue weighted by atomic mass is 9.99. The Kier molecular flexibility index (Phi) is 4.42. The summed E-state index contributed by atoms with van der Waals surface area (Å²) < 4.78 is 22.6. The molecule has 2 saturated heterocycles. The Bertz CT molecular complexity index is 550. The normalized spacial score (nSPS) is 29.7. The first-order valence-electron chi connectivity index (χ1n) is 8.69. The molecule has 0 N–H and O–H groups in total. The van der Waals surface area contributed by atoms with Gasteiger partial charge in [0.15, 0.2) is 11.5 Å². The second-order valence-electron chi connectivity index (χ2n) is 6.55. The van der Waals surface area contributed by atoms with Gasteiger partial charge in [0, 0.05) is 25.7 Å². The summed E-state index contributed by atoms with van der Waals surface area (Å²) in [5.41, 5.74) is 1.28. The molecule has 5 nitrogen and oxygen atoms in total. The molecule has 0 amide bonds. The van der Waals surface area contributed by atoms with Gasteiger partial charge in [0.25, 0.3) is 0 Å². The Labute approximate surface area is 137 Å². The molecule has 5 heteroatoms. The number of nitrogens with zero attached hydrogens (tertiary/aromatic N) is 1. The van der Waals surface area contributed by atoms with Gasteiger partial charge < -0.3 is 18.9 Å². The maximum atomic E-state index is 6.24. The number of hydrogen-bond donors (Lipinski definition) is 0. The Morgan fingerprint density at radius 1 is 1.17 bits per heavy atom. The predicted octanol–water partition coefficient (Wildman–Crippen LogP) is 2.57. The zero-order valence-corrected chi connectivity index (χ0v) is 13.7. The van der Waals surface area contributed by atoms with Crippen LogP contribution in [-0.2, 0) is 16.0 Å². The van der Waals surface area contributed by atoms with E-state index in [1.54, 1.807) is 0 Å². The first-order valence-corrected chi connectivity index (χ1v) is 8.69. The van der Waals surface area contributed by atoms with E-state index in [0.29, 0.717) is 18.9 Å². The maximum Gasteiger partial charge on any atom is 0.231 e. The van der Waals surface area contributed by atoms with Crippen molar-refractivity contribution in [1.29, 1.82) is 0 Å². The van der Waals surface area contributed by atoms with Gasteiger partial charge in [0.2, 0.25) is 6.79 Å². The minimum Gasteiger partial charge on any atom is -0.454 e. The molecule has 4 rings (SSSR count). The molecule has 0 aromatic heterocycles. The molecule has 1 aromatic rings. The molecular weight excluding hydrogens is 294 g/mol. The van der Waals surface area contributed by atoms with Gasteiger partial charge in [-0.15, -0.1) is 0 Å². The lowest BCUT2D eigenvalue weighted by Crippen LogP contribution is -2.43. The van der Waals surface area contributed by atoms with Crippen molar-refractivity contribution >= 4 is 0 Å². The molecule has 3 aliphatic heterocycles. The van der Waals surface area contributed by atoms with Crippen LogP contribution in [0.25, 0.3) is 0 Å². The number of benzene rings is 1. The van der Waals surface area contributed by atoms with Gasteiger partial charge in [-0.3, -0.25) is 4.90 Å². The monoisotopic (exact) mass is 319 g/mol. The third-order valence-corrected chi connectivity index (χ3v) is 5.08. The summed E-state index contributed by atoms with van der Waals surface area (Å²) in [6.45, 7) is 5.94. The molecule has 3 aliphatic rings. The van der Waals surface area contributed by atoms with E-state index >= 15 is 0 Å². The van der Waals surface area contributed by atoms with Gasteiger partial charge >= 0.3 is 0 Å². The van der Waals surface area contributed by atoms with Crippen molar-refractivity contribution in [3.63, 3.8) is 0 Å². The molecule has 0 spiro atoms. The summed E-state index contributed by atoms with van der Waals surface area (Å²) in [6.07, 6.45) is 4.06. The first-order chi connectivity index (χ1) is 11.3. The molecular formula is C18H25NO4. The molecule has 0 bridgehead atoms. The van der Waals surface area contributed by atoms with E-state index in [-0.39, 0.29) is 6.10 Å². The minimum atomic E-state index is 0.279. The summed E-state index contributed by atoms with van der Waals surface area (Å²) >= 11 is 0. The average Bonchev–Trinajstić information content (AvgIpc) is 3.19. The molecule has 0 unspecified atom stereocenters.